The van der Waals surface area contributed by atoms with Gasteiger partial charge in [-0.05, 0) is 20.8 Å². The number of hydrogen-bond acceptors (Lipinski definition) is 3. The molecule has 0 amide bonds. The topological polar surface area (TPSA) is 55.5 Å². The lowest BCUT2D eigenvalue weighted by Gasteiger charge is -2.23. The third-order valence-corrected chi connectivity index (χ3v) is 1.12. The summed E-state index contributed by atoms with van der Waals surface area (Å²) in [6.45, 7) is 6.05. The number of aliphatic hydroxyl groups is 1. The number of ether oxygens (including phenoxy) is 1. The minimum Gasteiger partial charge on any atom is -0.393 e. The summed E-state index contributed by atoms with van der Waals surface area (Å²) in [5, 5.41) is 8.74. The van der Waals surface area contributed by atoms with E-state index in [0.717, 1.165) is 0 Å². The molecule has 0 rings (SSSR count). The van der Waals surface area contributed by atoms with Crippen LogP contribution in [0.2, 0.25) is 0 Å². The van der Waals surface area contributed by atoms with Gasteiger partial charge in [0.2, 0.25) is 0 Å². The molecule has 0 aromatic carbocycles. The van der Waals surface area contributed by atoms with Gasteiger partial charge in [-0.1, -0.05) is 0 Å². The van der Waals surface area contributed by atoms with E-state index in [0.29, 0.717) is 6.61 Å². The van der Waals surface area contributed by atoms with Crippen molar-refractivity contribution < 1.29 is 9.84 Å². The van der Waals surface area contributed by atoms with Gasteiger partial charge in [-0.25, -0.2) is 0 Å². The maximum Gasteiger partial charge on any atom is 0.0856 e. The first-order chi connectivity index (χ1) is 4.48. The van der Waals surface area contributed by atoms with Crippen LogP contribution in [0.5, 0.6) is 0 Å². The van der Waals surface area contributed by atoms with Gasteiger partial charge in [0.25, 0.3) is 0 Å². The van der Waals surface area contributed by atoms with E-state index in [1.807, 2.05) is 20.8 Å². The van der Waals surface area contributed by atoms with Crippen molar-refractivity contribution >= 4 is 0 Å². The molecule has 0 aliphatic rings. The largest absolute Gasteiger partial charge is 0.393 e. The van der Waals surface area contributed by atoms with Crippen LogP contribution in [0.25, 0.3) is 0 Å². The fraction of sp³-hybridized carbons (Fsp3) is 1.00. The Morgan fingerprint density at radius 1 is 1.60 bits per heavy atom. The van der Waals surface area contributed by atoms with Crippen molar-refractivity contribution in [1.82, 2.24) is 0 Å². The Labute approximate surface area is 62.2 Å². The molecule has 3 nitrogen and oxygen atoms in total. The lowest BCUT2D eigenvalue weighted by molar-refractivity contribution is -0.0569. The van der Waals surface area contributed by atoms with E-state index in [9.17, 15) is 0 Å². The highest BCUT2D eigenvalue weighted by molar-refractivity contribution is 4.67. The molecule has 0 saturated heterocycles. The molecule has 3 N–H and O–H groups in total. The standard InChI is InChI=1S/C7H17NO2/c1-6(8)4-10-7(2,3)5-9/h6,9H,4-5,8H2,1-3H3. The molecule has 0 radical (unpaired) electrons. The van der Waals surface area contributed by atoms with Crippen molar-refractivity contribution in [3.63, 3.8) is 0 Å². The van der Waals surface area contributed by atoms with E-state index in [1.54, 1.807) is 0 Å². The number of rotatable bonds is 4. The van der Waals surface area contributed by atoms with Crippen molar-refractivity contribution in [2.45, 2.75) is 32.4 Å². The molecule has 0 aromatic heterocycles. The first-order valence-electron chi connectivity index (χ1n) is 3.48. The monoisotopic (exact) mass is 147 g/mol. The van der Waals surface area contributed by atoms with Crippen molar-refractivity contribution in [3.05, 3.63) is 0 Å². The zero-order valence-corrected chi connectivity index (χ0v) is 6.92. The number of aliphatic hydroxyl groups excluding tert-OH is 1. The second kappa shape index (κ2) is 3.91. The molecule has 3 heteroatoms. The zero-order chi connectivity index (χ0) is 8.20. The van der Waals surface area contributed by atoms with Gasteiger partial charge in [0, 0.05) is 6.04 Å². The molecule has 0 aliphatic heterocycles. The predicted molar refractivity (Wildman–Crippen MR) is 40.8 cm³/mol. The third-order valence-electron chi connectivity index (χ3n) is 1.12. The molecule has 0 aliphatic carbocycles. The summed E-state index contributed by atoms with van der Waals surface area (Å²) >= 11 is 0. The number of nitrogens with two attached hydrogens (primary N) is 1. The fourth-order valence-corrected chi connectivity index (χ4v) is 0.403. The SMILES string of the molecule is CC(N)COC(C)(C)CO. The van der Waals surface area contributed by atoms with Gasteiger partial charge >= 0.3 is 0 Å². The van der Waals surface area contributed by atoms with E-state index < -0.39 is 5.60 Å². The Morgan fingerprint density at radius 2 is 2.10 bits per heavy atom. The first-order valence-corrected chi connectivity index (χ1v) is 3.48. The summed E-state index contributed by atoms with van der Waals surface area (Å²) in [5.41, 5.74) is 5.00. The van der Waals surface area contributed by atoms with Gasteiger partial charge in [0.05, 0.1) is 18.8 Å². The summed E-state index contributed by atoms with van der Waals surface area (Å²) in [7, 11) is 0. The Balaban J connectivity index is 3.46. The van der Waals surface area contributed by atoms with Gasteiger partial charge in [0.1, 0.15) is 0 Å². The molecule has 0 fully saturated rings. The maximum atomic E-state index is 8.74. The van der Waals surface area contributed by atoms with Gasteiger partial charge in [-0.2, -0.15) is 0 Å². The summed E-state index contributed by atoms with van der Waals surface area (Å²) in [6, 6.07) is 0.0332. The highest BCUT2D eigenvalue weighted by atomic mass is 16.5. The average molecular weight is 147 g/mol. The van der Waals surface area contributed by atoms with Crippen molar-refractivity contribution in [1.29, 1.82) is 0 Å². The summed E-state index contributed by atoms with van der Waals surface area (Å²) < 4.78 is 5.27. The second-order valence-electron chi connectivity index (χ2n) is 3.21. The summed E-state index contributed by atoms with van der Waals surface area (Å²) in [4.78, 5) is 0. The van der Waals surface area contributed by atoms with E-state index in [-0.39, 0.29) is 12.6 Å². The molecule has 62 valence electrons. The molecule has 0 aromatic rings. The van der Waals surface area contributed by atoms with Gasteiger partial charge in [-0.15, -0.1) is 0 Å². The smallest absolute Gasteiger partial charge is 0.0856 e. The third kappa shape index (κ3) is 4.73. The minimum atomic E-state index is -0.451. The Hall–Kier alpha value is -0.120. The van der Waals surface area contributed by atoms with Crippen LogP contribution in [0.3, 0.4) is 0 Å². The first kappa shape index (κ1) is 9.88. The summed E-state index contributed by atoms with van der Waals surface area (Å²) in [5.74, 6) is 0. The lowest BCUT2D eigenvalue weighted by Crippen LogP contribution is -2.34. The molecule has 10 heavy (non-hydrogen) atoms. The molecule has 0 heterocycles. The molecule has 1 unspecified atom stereocenters. The molecular formula is C7H17NO2. The predicted octanol–water partition coefficient (Wildman–Crippen LogP) is 0.121. The van der Waals surface area contributed by atoms with Crippen LogP contribution in [0.4, 0.5) is 0 Å². The van der Waals surface area contributed by atoms with Crippen LogP contribution in [0.1, 0.15) is 20.8 Å². The van der Waals surface area contributed by atoms with E-state index in [1.165, 1.54) is 0 Å². The Morgan fingerprint density at radius 3 is 2.40 bits per heavy atom. The van der Waals surface area contributed by atoms with E-state index in [2.05, 4.69) is 0 Å². The highest BCUT2D eigenvalue weighted by Crippen LogP contribution is 2.06. The van der Waals surface area contributed by atoms with Gasteiger partial charge < -0.3 is 15.6 Å². The van der Waals surface area contributed by atoms with Crippen molar-refractivity contribution in [2.24, 2.45) is 5.73 Å². The van der Waals surface area contributed by atoms with Crippen LogP contribution in [-0.4, -0.2) is 30.0 Å². The Kier molecular flexibility index (Phi) is 3.86. The van der Waals surface area contributed by atoms with E-state index in [4.69, 9.17) is 15.6 Å². The van der Waals surface area contributed by atoms with Crippen LogP contribution < -0.4 is 5.73 Å². The van der Waals surface area contributed by atoms with E-state index >= 15 is 0 Å². The quantitative estimate of drug-likeness (QED) is 0.594. The lowest BCUT2D eigenvalue weighted by atomic mass is 10.1. The minimum absolute atomic E-state index is 0.0275. The highest BCUT2D eigenvalue weighted by Gasteiger charge is 2.16. The maximum absolute atomic E-state index is 8.74. The molecule has 0 saturated carbocycles. The Bertz CT molecular complexity index is 91.6. The second-order valence-corrected chi connectivity index (χ2v) is 3.21. The van der Waals surface area contributed by atoms with Gasteiger partial charge in [0.15, 0.2) is 0 Å². The van der Waals surface area contributed by atoms with Crippen LogP contribution in [0.15, 0.2) is 0 Å². The molecule has 0 spiro atoms. The zero-order valence-electron chi connectivity index (χ0n) is 6.92. The van der Waals surface area contributed by atoms with Gasteiger partial charge in [-0.3, -0.25) is 0 Å². The van der Waals surface area contributed by atoms with Crippen molar-refractivity contribution in [3.8, 4) is 0 Å². The van der Waals surface area contributed by atoms with Crippen molar-refractivity contribution in [2.75, 3.05) is 13.2 Å². The summed E-state index contributed by atoms with van der Waals surface area (Å²) in [6.07, 6.45) is 0. The normalized spacial score (nSPS) is 15.3. The molecular weight excluding hydrogens is 130 g/mol. The van der Waals surface area contributed by atoms with Crippen LogP contribution >= 0.6 is 0 Å². The van der Waals surface area contributed by atoms with Crippen LogP contribution in [-0.2, 0) is 4.74 Å². The average Bonchev–Trinajstić information content (AvgIpc) is 1.85. The number of hydrogen-bond donors (Lipinski definition) is 2. The fourth-order valence-electron chi connectivity index (χ4n) is 0.403. The molecule has 1 atom stereocenters. The van der Waals surface area contributed by atoms with Crippen LogP contribution in [0, 0.1) is 0 Å². The molecule has 0 bridgehead atoms.